The number of hydrogen-bond acceptors (Lipinski definition) is 5. The Labute approximate surface area is 118 Å². The minimum absolute atomic E-state index is 0.0474. The number of sulfonamides is 1. The molecule has 0 radical (unpaired) electrons. The van der Waals surface area contributed by atoms with Gasteiger partial charge in [0.1, 0.15) is 0 Å². The van der Waals surface area contributed by atoms with Crippen molar-refractivity contribution in [3.05, 3.63) is 29.8 Å². The van der Waals surface area contributed by atoms with Crippen LogP contribution < -0.4 is 4.72 Å². The molecule has 0 heterocycles. The van der Waals surface area contributed by atoms with Crippen LogP contribution in [0.15, 0.2) is 29.2 Å². The van der Waals surface area contributed by atoms with Gasteiger partial charge in [-0.3, -0.25) is 4.79 Å². The van der Waals surface area contributed by atoms with Crippen LogP contribution in [0.1, 0.15) is 23.7 Å². The van der Waals surface area contributed by atoms with E-state index in [1.807, 2.05) is 0 Å². The molecule has 0 aromatic heterocycles. The predicted molar refractivity (Wildman–Crippen MR) is 74.2 cm³/mol. The van der Waals surface area contributed by atoms with Crippen LogP contribution in [-0.2, 0) is 14.8 Å². The summed E-state index contributed by atoms with van der Waals surface area (Å²) in [6, 6.07) is 5.78. The Balaban J connectivity index is 2.49. The fourth-order valence-corrected chi connectivity index (χ4v) is 2.57. The molecule has 0 spiro atoms. The van der Waals surface area contributed by atoms with Crippen molar-refractivity contribution in [1.29, 1.82) is 0 Å². The van der Waals surface area contributed by atoms with E-state index in [0.717, 1.165) is 0 Å². The third-order valence-corrected chi connectivity index (χ3v) is 4.04. The van der Waals surface area contributed by atoms with Gasteiger partial charge in [-0.2, -0.15) is 0 Å². The van der Waals surface area contributed by atoms with Gasteiger partial charge in [0.15, 0.2) is 5.78 Å². The van der Waals surface area contributed by atoms with Crippen LogP contribution in [0.2, 0.25) is 0 Å². The van der Waals surface area contributed by atoms with E-state index in [4.69, 9.17) is 9.84 Å². The van der Waals surface area contributed by atoms with Crippen molar-refractivity contribution in [2.45, 2.75) is 18.2 Å². The lowest BCUT2D eigenvalue weighted by atomic mass is 10.2. The fraction of sp³-hybridized carbons (Fsp3) is 0.462. The van der Waals surface area contributed by atoms with Crippen LogP contribution >= 0.6 is 0 Å². The minimum atomic E-state index is -3.56. The van der Waals surface area contributed by atoms with Crippen molar-refractivity contribution < 1.29 is 23.1 Å². The van der Waals surface area contributed by atoms with E-state index in [-0.39, 0.29) is 30.4 Å². The molecule has 6 nitrogen and oxygen atoms in total. The Kier molecular flexibility index (Phi) is 6.80. The Morgan fingerprint density at radius 3 is 2.45 bits per heavy atom. The molecule has 7 heteroatoms. The van der Waals surface area contributed by atoms with Gasteiger partial charge in [-0.05, 0) is 25.5 Å². The topological polar surface area (TPSA) is 92.7 Å². The van der Waals surface area contributed by atoms with Gasteiger partial charge in [0.25, 0.3) is 0 Å². The Bertz CT molecular complexity index is 524. The van der Waals surface area contributed by atoms with Gasteiger partial charge in [-0.25, -0.2) is 13.1 Å². The molecule has 0 amide bonds. The van der Waals surface area contributed by atoms with Crippen LogP contribution in [0.25, 0.3) is 0 Å². The SMILES string of the molecule is CC(=O)c1ccc(S(=O)(=O)NCCCOCCO)cc1. The molecule has 0 saturated carbocycles. The quantitative estimate of drug-likeness (QED) is 0.514. The van der Waals surface area contributed by atoms with Crippen molar-refractivity contribution in [1.82, 2.24) is 4.72 Å². The first-order valence-corrected chi connectivity index (χ1v) is 7.75. The predicted octanol–water partition coefficient (Wildman–Crippen LogP) is 0.566. The summed E-state index contributed by atoms with van der Waals surface area (Å²) in [4.78, 5) is 11.2. The maximum atomic E-state index is 11.9. The first-order chi connectivity index (χ1) is 9.47. The van der Waals surface area contributed by atoms with Crippen molar-refractivity contribution in [3.63, 3.8) is 0 Å². The van der Waals surface area contributed by atoms with Gasteiger partial charge in [0.05, 0.1) is 18.1 Å². The van der Waals surface area contributed by atoms with E-state index < -0.39 is 10.0 Å². The van der Waals surface area contributed by atoms with Crippen LogP contribution in [0.3, 0.4) is 0 Å². The molecule has 20 heavy (non-hydrogen) atoms. The number of Topliss-reactive ketones (excluding diaryl/α,β-unsaturated/α-hetero) is 1. The zero-order valence-electron chi connectivity index (χ0n) is 11.3. The van der Waals surface area contributed by atoms with Crippen molar-refractivity contribution in [2.75, 3.05) is 26.4 Å². The standard InChI is InChI=1S/C13H19NO5S/c1-11(16)12-3-5-13(6-4-12)20(17,18)14-7-2-9-19-10-8-15/h3-6,14-15H,2,7-10H2,1H3. The molecule has 0 bridgehead atoms. The first kappa shape index (κ1) is 16.8. The Hall–Kier alpha value is -1.28. The molecule has 0 unspecified atom stereocenters. The van der Waals surface area contributed by atoms with Gasteiger partial charge >= 0.3 is 0 Å². The fourth-order valence-electron chi connectivity index (χ4n) is 1.50. The molecule has 0 fully saturated rings. The number of carbonyl (C=O) groups excluding carboxylic acids is 1. The average molecular weight is 301 g/mol. The highest BCUT2D eigenvalue weighted by molar-refractivity contribution is 7.89. The first-order valence-electron chi connectivity index (χ1n) is 6.26. The highest BCUT2D eigenvalue weighted by atomic mass is 32.2. The lowest BCUT2D eigenvalue weighted by Crippen LogP contribution is -2.25. The summed E-state index contributed by atoms with van der Waals surface area (Å²) in [5.41, 5.74) is 0.473. The van der Waals surface area contributed by atoms with Gasteiger partial charge in [0, 0.05) is 18.7 Å². The number of benzene rings is 1. The largest absolute Gasteiger partial charge is 0.394 e. The molecule has 1 aromatic carbocycles. The molecule has 1 aromatic rings. The van der Waals surface area contributed by atoms with Gasteiger partial charge < -0.3 is 9.84 Å². The normalized spacial score (nSPS) is 11.5. The smallest absolute Gasteiger partial charge is 0.240 e. The van der Waals surface area contributed by atoms with Crippen LogP contribution in [-0.4, -0.2) is 45.7 Å². The molecular weight excluding hydrogens is 282 g/mol. The maximum absolute atomic E-state index is 11.9. The number of aliphatic hydroxyl groups is 1. The molecule has 0 aliphatic carbocycles. The van der Waals surface area contributed by atoms with E-state index in [1.54, 1.807) is 0 Å². The van der Waals surface area contributed by atoms with E-state index in [9.17, 15) is 13.2 Å². The zero-order valence-corrected chi connectivity index (χ0v) is 12.1. The number of hydrogen-bond donors (Lipinski definition) is 2. The Morgan fingerprint density at radius 2 is 1.90 bits per heavy atom. The van der Waals surface area contributed by atoms with Gasteiger partial charge in [-0.1, -0.05) is 12.1 Å². The summed E-state index contributed by atoms with van der Waals surface area (Å²) in [5, 5.41) is 8.50. The number of ether oxygens (including phenoxy) is 1. The molecular formula is C13H19NO5S. The second kappa shape index (κ2) is 8.11. The average Bonchev–Trinajstić information content (AvgIpc) is 2.43. The number of aliphatic hydroxyl groups excluding tert-OH is 1. The summed E-state index contributed by atoms with van der Waals surface area (Å²) in [5.74, 6) is -0.108. The number of nitrogens with one attached hydrogen (secondary N) is 1. The summed E-state index contributed by atoms with van der Waals surface area (Å²) in [7, 11) is -3.56. The molecule has 0 aliphatic rings. The van der Waals surface area contributed by atoms with E-state index in [1.165, 1.54) is 31.2 Å². The summed E-state index contributed by atoms with van der Waals surface area (Å²) >= 11 is 0. The summed E-state index contributed by atoms with van der Waals surface area (Å²) in [6.45, 7) is 2.26. The lowest BCUT2D eigenvalue weighted by molar-refractivity contribution is 0.0913. The lowest BCUT2D eigenvalue weighted by Gasteiger charge is -2.07. The van der Waals surface area contributed by atoms with Gasteiger partial charge in [0.2, 0.25) is 10.0 Å². The molecule has 0 saturated heterocycles. The highest BCUT2D eigenvalue weighted by Crippen LogP contribution is 2.10. The molecule has 0 aliphatic heterocycles. The van der Waals surface area contributed by atoms with Crippen molar-refractivity contribution in [2.24, 2.45) is 0 Å². The van der Waals surface area contributed by atoms with Crippen molar-refractivity contribution in [3.8, 4) is 0 Å². The molecule has 1 rings (SSSR count). The van der Waals surface area contributed by atoms with E-state index in [0.29, 0.717) is 18.6 Å². The van der Waals surface area contributed by atoms with E-state index in [2.05, 4.69) is 4.72 Å². The highest BCUT2D eigenvalue weighted by Gasteiger charge is 2.13. The van der Waals surface area contributed by atoms with Gasteiger partial charge in [-0.15, -0.1) is 0 Å². The van der Waals surface area contributed by atoms with Crippen LogP contribution in [0.4, 0.5) is 0 Å². The second-order valence-electron chi connectivity index (χ2n) is 4.17. The van der Waals surface area contributed by atoms with Crippen LogP contribution in [0.5, 0.6) is 0 Å². The van der Waals surface area contributed by atoms with Crippen molar-refractivity contribution >= 4 is 15.8 Å². The zero-order chi connectivity index (χ0) is 15.0. The monoisotopic (exact) mass is 301 g/mol. The second-order valence-corrected chi connectivity index (χ2v) is 5.93. The van der Waals surface area contributed by atoms with Crippen LogP contribution in [0, 0.1) is 0 Å². The third-order valence-electron chi connectivity index (χ3n) is 2.56. The molecule has 2 N–H and O–H groups in total. The summed E-state index contributed by atoms with van der Waals surface area (Å²) in [6.07, 6.45) is 0.519. The Morgan fingerprint density at radius 1 is 1.25 bits per heavy atom. The minimum Gasteiger partial charge on any atom is -0.394 e. The summed E-state index contributed by atoms with van der Waals surface area (Å²) < 4.78 is 31.3. The molecule has 112 valence electrons. The molecule has 0 atom stereocenters. The van der Waals surface area contributed by atoms with E-state index >= 15 is 0 Å². The maximum Gasteiger partial charge on any atom is 0.240 e. The third kappa shape index (κ3) is 5.38. The number of carbonyl (C=O) groups is 1. The number of ketones is 1. The number of rotatable bonds is 9.